The van der Waals surface area contributed by atoms with E-state index in [1.807, 2.05) is 25.7 Å². The molecule has 1 N–H and O–H groups in total. The van der Waals surface area contributed by atoms with Crippen molar-refractivity contribution < 1.29 is 19.1 Å². The number of nitrogens with zero attached hydrogens (tertiary/aromatic N) is 1. The molecular weight excluding hydrogens is 382 g/mol. The molecule has 30 heavy (non-hydrogen) atoms. The third-order valence-corrected chi connectivity index (χ3v) is 5.94. The fourth-order valence-electron chi connectivity index (χ4n) is 4.51. The van der Waals surface area contributed by atoms with Crippen LogP contribution in [0, 0.1) is 6.92 Å². The van der Waals surface area contributed by atoms with Crippen molar-refractivity contribution in [2.24, 2.45) is 0 Å². The predicted octanol–water partition coefficient (Wildman–Crippen LogP) is 4.52. The zero-order chi connectivity index (χ0) is 22.3. The fourth-order valence-corrected chi connectivity index (χ4v) is 4.51. The second-order valence-corrected chi connectivity index (χ2v) is 7.87. The molecule has 0 bridgehead atoms. The number of benzene rings is 1. The number of carboxylic acid groups (broad SMARTS) is 1. The molecule has 1 aromatic heterocycles. The van der Waals surface area contributed by atoms with Crippen molar-refractivity contribution in [1.29, 1.82) is 0 Å². The summed E-state index contributed by atoms with van der Waals surface area (Å²) in [4.78, 5) is 39.7. The highest BCUT2D eigenvalue weighted by Gasteiger charge is 2.40. The van der Waals surface area contributed by atoms with E-state index >= 15 is 0 Å². The summed E-state index contributed by atoms with van der Waals surface area (Å²) < 4.78 is 5.89. The van der Waals surface area contributed by atoms with Crippen LogP contribution in [0.1, 0.15) is 58.3 Å². The number of fused-ring (bicyclic) bond motifs is 1. The molecule has 1 aliphatic heterocycles. The molecule has 0 spiro atoms. The minimum absolute atomic E-state index is 0.0299. The summed E-state index contributed by atoms with van der Waals surface area (Å²) in [6.45, 7) is 10.8. The quantitative estimate of drug-likeness (QED) is 0.781. The first-order valence-electron chi connectivity index (χ1n) is 10.1. The number of hydrogen-bond donors (Lipinski definition) is 1. The summed E-state index contributed by atoms with van der Waals surface area (Å²) >= 11 is 0. The van der Waals surface area contributed by atoms with Gasteiger partial charge in [-0.3, -0.25) is 9.59 Å². The summed E-state index contributed by atoms with van der Waals surface area (Å²) in [6, 6.07) is 6.53. The average Bonchev–Trinajstić information content (AvgIpc) is 2.66. The number of rotatable bonds is 5. The Morgan fingerprint density at radius 3 is 2.37 bits per heavy atom. The third kappa shape index (κ3) is 3.36. The number of ketones is 1. The third-order valence-electron chi connectivity index (χ3n) is 5.94. The van der Waals surface area contributed by atoms with Crippen LogP contribution >= 0.6 is 0 Å². The van der Waals surface area contributed by atoms with Crippen LogP contribution in [0.5, 0.6) is 0 Å². The highest BCUT2D eigenvalue weighted by Crippen LogP contribution is 2.45. The van der Waals surface area contributed by atoms with Gasteiger partial charge in [-0.1, -0.05) is 19.1 Å². The summed E-state index contributed by atoms with van der Waals surface area (Å²) in [7, 11) is 0. The van der Waals surface area contributed by atoms with Gasteiger partial charge in [0.1, 0.15) is 11.3 Å². The molecule has 1 aliphatic rings. The zero-order valence-electron chi connectivity index (χ0n) is 18.2. The maximum Gasteiger partial charge on any atom is 0.334 e. The largest absolute Gasteiger partial charge is 0.478 e. The Labute approximate surface area is 175 Å². The fraction of sp³-hybridized carbons (Fsp3) is 0.375. The van der Waals surface area contributed by atoms with Crippen LogP contribution in [-0.2, 0) is 9.59 Å². The summed E-state index contributed by atoms with van der Waals surface area (Å²) in [5.41, 5.74) is 2.50. The first kappa shape index (κ1) is 21.6. The molecule has 0 aliphatic carbocycles. The molecule has 2 aromatic rings. The number of allylic oxidation sites excluding steroid dienone is 3. The first-order chi connectivity index (χ1) is 14.1. The Bertz CT molecular complexity index is 1130. The van der Waals surface area contributed by atoms with Crippen LogP contribution < -0.4 is 5.43 Å². The molecule has 2 heterocycles. The number of aryl methyl sites for hydroxylation is 1. The molecule has 1 aromatic carbocycles. The molecular formula is C24H27NO5. The van der Waals surface area contributed by atoms with E-state index in [1.165, 1.54) is 13.0 Å². The van der Waals surface area contributed by atoms with Crippen LogP contribution in [0.25, 0.3) is 11.0 Å². The lowest BCUT2D eigenvalue weighted by molar-refractivity contribution is -0.133. The maximum absolute atomic E-state index is 12.8. The van der Waals surface area contributed by atoms with Crippen molar-refractivity contribution in [2.75, 3.05) is 0 Å². The van der Waals surface area contributed by atoms with Crippen molar-refractivity contribution in [3.63, 3.8) is 0 Å². The minimum atomic E-state index is -1.09. The molecule has 0 radical (unpaired) electrons. The number of carbonyl (C=O) groups excluding carboxylic acids is 1. The Kier molecular flexibility index (Phi) is 5.70. The number of carbonyl (C=O) groups is 2. The maximum atomic E-state index is 12.8. The topological polar surface area (TPSA) is 87.8 Å². The van der Waals surface area contributed by atoms with Crippen LogP contribution in [0.15, 0.2) is 56.0 Å². The summed E-state index contributed by atoms with van der Waals surface area (Å²) in [6.07, 6.45) is 0.791. The normalized spacial score (nSPS) is 18.2. The summed E-state index contributed by atoms with van der Waals surface area (Å²) in [5, 5.41) is 10.5. The highest BCUT2D eigenvalue weighted by molar-refractivity contribution is 6.02. The Hall–Kier alpha value is -3.15. The van der Waals surface area contributed by atoms with Gasteiger partial charge < -0.3 is 14.4 Å². The summed E-state index contributed by atoms with van der Waals surface area (Å²) in [5.74, 6) is -1.69. The minimum Gasteiger partial charge on any atom is -0.478 e. The van der Waals surface area contributed by atoms with Gasteiger partial charge >= 0.3 is 5.97 Å². The van der Waals surface area contributed by atoms with E-state index in [1.54, 1.807) is 32.0 Å². The molecule has 0 unspecified atom stereocenters. The van der Waals surface area contributed by atoms with E-state index in [9.17, 15) is 19.5 Å². The van der Waals surface area contributed by atoms with Crippen LogP contribution in [-0.4, -0.2) is 27.8 Å². The second kappa shape index (κ2) is 7.94. The molecule has 6 nitrogen and oxygen atoms in total. The van der Waals surface area contributed by atoms with E-state index in [4.69, 9.17) is 4.42 Å². The molecule has 0 amide bonds. The van der Waals surface area contributed by atoms with E-state index in [2.05, 4.69) is 0 Å². The smallest absolute Gasteiger partial charge is 0.334 e. The van der Waals surface area contributed by atoms with Gasteiger partial charge in [0.25, 0.3) is 0 Å². The molecule has 2 atom stereocenters. The molecule has 158 valence electrons. The van der Waals surface area contributed by atoms with Crippen molar-refractivity contribution in [1.82, 2.24) is 4.90 Å². The Morgan fingerprint density at radius 2 is 1.80 bits per heavy atom. The number of hydrogen-bond acceptors (Lipinski definition) is 5. The van der Waals surface area contributed by atoms with Gasteiger partial charge in [0, 0.05) is 34.6 Å². The van der Waals surface area contributed by atoms with Gasteiger partial charge in [-0.2, -0.15) is 0 Å². The van der Waals surface area contributed by atoms with E-state index in [0.29, 0.717) is 33.6 Å². The number of aliphatic carboxylic acids is 1. The SMILES string of the molecule is CC[C@@H](C)N1C(C)=C(C(C)=O)[C@@H](c2cccc3c(=O)cc(C)oc23)C(C(=O)O)=C1C. The monoisotopic (exact) mass is 409 g/mol. The lowest BCUT2D eigenvalue weighted by Gasteiger charge is -2.40. The van der Waals surface area contributed by atoms with Crippen LogP contribution in [0.4, 0.5) is 0 Å². The molecule has 6 heteroatoms. The Morgan fingerprint density at radius 1 is 1.17 bits per heavy atom. The van der Waals surface area contributed by atoms with E-state index < -0.39 is 11.9 Å². The van der Waals surface area contributed by atoms with Gasteiger partial charge in [-0.25, -0.2) is 4.79 Å². The van der Waals surface area contributed by atoms with E-state index in [-0.39, 0.29) is 22.8 Å². The second-order valence-electron chi connectivity index (χ2n) is 7.87. The highest BCUT2D eigenvalue weighted by atomic mass is 16.4. The van der Waals surface area contributed by atoms with Gasteiger partial charge in [-0.05, 0) is 47.1 Å². The van der Waals surface area contributed by atoms with E-state index in [0.717, 1.165) is 12.1 Å². The van der Waals surface area contributed by atoms with Crippen LogP contribution in [0.3, 0.4) is 0 Å². The average molecular weight is 409 g/mol. The lowest BCUT2D eigenvalue weighted by atomic mass is 9.77. The predicted molar refractivity (Wildman–Crippen MR) is 115 cm³/mol. The van der Waals surface area contributed by atoms with Crippen molar-refractivity contribution in [3.8, 4) is 0 Å². The number of carboxylic acids is 1. The molecule has 0 saturated heterocycles. The molecule has 0 saturated carbocycles. The molecule has 0 fully saturated rings. The van der Waals surface area contributed by atoms with Gasteiger partial charge in [0.2, 0.25) is 0 Å². The van der Waals surface area contributed by atoms with Crippen molar-refractivity contribution in [3.05, 3.63) is 68.4 Å². The molecule has 3 rings (SSSR count). The number of Topliss-reactive ketones (excluding diaryl/α,β-unsaturated/α-hetero) is 1. The van der Waals surface area contributed by atoms with Crippen molar-refractivity contribution >= 4 is 22.7 Å². The van der Waals surface area contributed by atoms with Crippen molar-refractivity contribution in [2.45, 2.75) is 59.9 Å². The standard InChI is InChI=1S/C24H27NO5/c1-7-12(2)25-14(4)20(16(6)26)22(21(15(25)5)24(28)29)18-10-8-9-17-19(27)11-13(3)30-23(17)18/h8-12,22H,7H2,1-6H3,(H,28,29)/t12-,22-/m1/s1. The Balaban J connectivity index is 2.44. The van der Waals surface area contributed by atoms with Gasteiger partial charge in [0.15, 0.2) is 11.2 Å². The first-order valence-corrected chi connectivity index (χ1v) is 10.1. The van der Waals surface area contributed by atoms with Gasteiger partial charge in [-0.15, -0.1) is 0 Å². The number of para-hydroxylation sites is 1. The lowest BCUT2D eigenvalue weighted by Crippen LogP contribution is -2.38. The van der Waals surface area contributed by atoms with Gasteiger partial charge in [0.05, 0.1) is 16.9 Å². The van der Waals surface area contributed by atoms with Crippen LogP contribution in [0.2, 0.25) is 0 Å². The zero-order valence-corrected chi connectivity index (χ0v) is 18.2.